The first-order valence-corrected chi connectivity index (χ1v) is 38.3. The summed E-state index contributed by atoms with van der Waals surface area (Å²) in [5.74, 6) is -0.471. The third kappa shape index (κ3) is 21.4. The normalized spacial score (nSPS) is 18.7. The average molecular weight is 1510 g/mol. The van der Waals surface area contributed by atoms with Crippen LogP contribution < -0.4 is 36.6 Å². The van der Waals surface area contributed by atoms with Gasteiger partial charge in [-0.1, -0.05) is 51.1 Å². The van der Waals surface area contributed by atoms with Crippen LogP contribution in [-0.2, 0) is 46.9 Å². The molecule has 0 unspecified atom stereocenters. The first kappa shape index (κ1) is 80.3. The number of likely N-dealkylation sites (tertiary alicyclic amines) is 2. The van der Waals surface area contributed by atoms with E-state index < -0.39 is 76.3 Å². The quantitative estimate of drug-likeness (QED) is 0.0193. The fourth-order valence-corrected chi connectivity index (χ4v) is 15.4. The number of nitrogens with one attached hydrogen (secondary N) is 4. The highest BCUT2D eigenvalue weighted by molar-refractivity contribution is 7.13. The van der Waals surface area contributed by atoms with Gasteiger partial charge in [-0.05, 0) is 170 Å². The predicted octanol–water partition coefficient (Wildman–Crippen LogP) is 9.76. The van der Waals surface area contributed by atoms with Crippen molar-refractivity contribution in [3.63, 3.8) is 0 Å². The lowest BCUT2D eigenvalue weighted by Crippen LogP contribution is -2.58. The maximum Gasteiger partial charge on any atom is 0.433 e. The van der Waals surface area contributed by atoms with Crippen molar-refractivity contribution in [2.24, 2.45) is 17.1 Å². The average Bonchev–Trinajstić information content (AvgIpc) is 1.59. The highest BCUT2D eigenvalue weighted by Gasteiger charge is 2.45. The molecule has 0 bridgehead atoms. The number of benzene rings is 3. The van der Waals surface area contributed by atoms with E-state index in [1.165, 1.54) is 34.3 Å². The number of piperidine rings is 2. The van der Waals surface area contributed by atoms with Gasteiger partial charge in [0, 0.05) is 86.3 Å². The minimum atomic E-state index is -4.72. The first-order chi connectivity index (χ1) is 51.6. The van der Waals surface area contributed by atoms with Crippen molar-refractivity contribution in [2.75, 3.05) is 121 Å². The summed E-state index contributed by atoms with van der Waals surface area (Å²) < 4.78 is 66.2. The first-order valence-electron chi connectivity index (χ1n) is 37.4. The fourth-order valence-electron chi connectivity index (χ4n) is 14.6. The molecule has 3 aromatic carbocycles. The number of aliphatic hydroxyl groups is 2. The molecule has 4 aromatic heterocycles. The summed E-state index contributed by atoms with van der Waals surface area (Å²) in [4.78, 5) is 93.8. The highest BCUT2D eigenvalue weighted by Crippen LogP contribution is 2.39. The molecule has 7 aromatic rings. The molecule has 30 heteroatoms. The molecule has 4 aliphatic rings. The van der Waals surface area contributed by atoms with Crippen LogP contribution in [0.15, 0.2) is 90.7 Å². The number of thiazole rings is 1. The lowest BCUT2D eigenvalue weighted by atomic mass is 9.85. The molecule has 26 nitrogen and oxygen atoms in total. The Morgan fingerprint density at radius 1 is 0.824 bits per heavy atom. The van der Waals surface area contributed by atoms with Crippen molar-refractivity contribution in [3.8, 4) is 16.2 Å². The Hall–Kier alpha value is -8.75. The van der Waals surface area contributed by atoms with E-state index in [-0.39, 0.29) is 63.4 Å². The Balaban J connectivity index is 0.584. The molecule has 582 valence electrons. The number of aliphatic hydroxyl groups excluding tert-OH is 1. The van der Waals surface area contributed by atoms with E-state index in [0.29, 0.717) is 71.8 Å². The van der Waals surface area contributed by atoms with Crippen molar-refractivity contribution < 1.29 is 66.3 Å². The second kappa shape index (κ2) is 36.2. The number of anilines is 4. The van der Waals surface area contributed by atoms with Crippen LogP contribution in [0, 0.1) is 18.3 Å². The molecule has 8 N–H and O–H groups in total. The number of fused-ring (bicyclic) bond motifs is 1. The number of aromatic nitrogens is 6. The standard InChI is InChI=1S/C78H102F3N15O11S/c1-49-69(108-48-85-49)53-16-17-54(64(39-53)107-37-36-104-32-30-92(7)44-50-14-22-57(23-15-50)96-45-55-38-62(59(77(5,6)103)41-61(55)91-96)88-73(100)60-12-11-13-65(87-60)78(79,80)81)42-84-74(101)63-40-58(97)46-95(63)75(102)70(76(2,3)4)90-67(98)47-106-35-34-105-33-31-93-28-24-52(25-29-93)51-18-20-56(21-19-51)86-72-68(71(82)99)83-43-66(89-72)94-26-9-8-10-27-94/h11-13,16-21,38-39,41,43,45,48,50,52,57-58,63,70,97,103H,8-10,14-15,22-37,40,42,44,46-47H2,1-7H3,(H2,82,99)(H,84,101)(H,86,89)(H,88,100)(H,90,98)/t50-,57-,58-,63+,70-/m1/s1. The molecule has 5 amide bonds. The number of hydrogen-bond acceptors (Lipinski definition) is 21. The number of halogens is 3. The van der Waals surface area contributed by atoms with Gasteiger partial charge in [-0.3, -0.25) is 28.7 Å². The molecule has 0 spiro atoms. The molecule has 11 rings (SSSR count). The Morgan fingerprint density at radius 2 is 1.56 bits per heavy atom. The number of ether oxygens (including phenoxy) is 4. The summed E-state index contributed by atoms with van der Waals surface area (Å²) in [6.45, 7) is 18.1. The van der Waals surface area contributed by atoms with E-state index in [9.17, 15) is 47.4 Å². The fraction of sp³-hybridized carbons (Fsp3) is 0.538. The molecule has 108 heavy (non-hydrogen) atoms. The van der Waals surface area contributed by atoms with E-state index in [0.717, 1.165) is 130 Å². The summed E-state index contributed by atoms with van der Waals surface area (Å²) >= 11 is 1.51. The van der Waals surface area contributed by atoms with E-state index in [1.54, 1.807) is 37.7 Å². The molecule has 1 aliphatic carbocycles. The summed E-state index contributed by atoms with van der Waals surface area (Å²) in [5, 5.41) is 39.4. The Kier molecular flexibility index (Phi) is 26.9. The largest absolute Gasteiger partial charge is 0.491 e. The van der Waals surface area contributed by atoms with Crippen molar-refractivity contribution in [1.82, 2.24) is 55.0 Å². The maximum absolute atomic E-state index is 14.5. The van der Waals surface area contributed by atoms with Crippen molar-refractivity contribution in [3.05, 3.63) is 130 Å². The van der Waals surface area contributed by atoms with Crippen LogP contribution in [0.4, 0.5) is 36.2 Å². The summed E-state index contributed by atoms with van der Waals surface area (Å²) in [7, 11) is 2.07. The van der Waals surface area contributed by atoms with Crippen molar-refractivity contribution in [2.45, 2.75) is 154 Å². The van der Waals surface area contributed by atoms with Crippen LogP contribution in [0.5, 0.6) is 5.75 Å². The lowest BCUT2D eigenvalue weighted by molar-refractivity contribution is -0.144. The maximum atomic E-state index is 14.5. The Labute approximate surface area is 632 Å². The number of pyridine rings is 1. The number of carbonyl (C=O) groups is 5. The van der Waals surface area contributed by atoms with E-state index >= 15 is 0 Å². The molecule has 3 saturated heterocycles. The number of alkyl halides is 3. The zero-order valence-electron chi connectivity index (χ0n) is 62.7. The highest BCUT2D eigenvalue weighted by atomic mass is 32.1. The zero-order chi connectivity index (χ0) is 76.9. The molecule has 0 radical (unpaired) electrons. The number of carbonyl (C=O) groups excluding carboxylic acids is 5. The number of aryl methyl sites for hydroxylation is 1. The van der Waals surface area contributed by atoms with Crippen LogP contribution in [0.3, 0.4) is 0 Å². The van der Waals surface area contributed by atoms with Crippen LogP contribution in [0.2, 0.25) is 0 Å². The number of primary amides is 1. The van der Waals surface area contributed by atoms with Gasteiger partial charge in [0.1, 0.15) is 48.3 Å². The molecule has 7 heterocycles. The predicted molar refractivity (Wildman–Crippen MR) is 405 cm³/mol. The van der Waals surface area contributed by atoms with Gasteiger partial charge >= 0.3 is 6.18 Å². The Bertz CT molecular complexity index is 4220. The Morgan fingerprint density at radius 3 is 2.26 bits per heavy atom. The van der Waals surface area contributed by atoms with E-state index in [1.807, 2.05) is 68.9 Å². The van der Waals surface area contributed by atoms with Gasteiger partial charge in [-0.15, -0.1) is 11.3 Å². The minimum absolute atomic E-state index is 0.0120. The van der Waals surface area contributed by atoms with Crippen LogP contribution in [0.25, 0.3) is 21.3 Å². The number of hydrogen-bond donors (Lipinski definition) is 7. The van der Waals surface area contributed by atoms with Crippen LogP contribution >= 0.6 is 11.3 Å². The SMILES string of the molecule is Cc1ncsc1-c1ccc(CNC(=O)[C@@H]2C[C@@H](O)CN2C(=O)[C@@H](NC(=O)COCCOCCN2CCC(c3ccc(Nc4nc(N5CCCCC5)cnc4C(N)=O)cc3)CC2)C(C)(C)C)c(OCCOCCN(C)C[C@H]2CC[C@H](n3cc4cc(NC(=O)c5cccc(C(F)(F)F)n5)c(C(C)(C)O)cc4n3)CC2)c1. The lowest BCUT2D eigenvalue weighted by Gasteiger charge is -2.35. The number of nitrogens with two attached hydrogens (primary N) is 1. The van der Waals surface area contributed by atoms with Gasteiger partial charge < -0.3 is 75.8 Å². The van der Waals surface area contributed by atoms with Gasteiger partial charge in [0.2, 0.25) is 17.7 Å². The van der Waals surface area contributed by atoms with E-state index in [4.69, 9.17) is 34.8 Å². The van der Waals surface area contributed by atoms with Crippen molar-refractivity contribution >= 4 is 74.8 Å². The monoisotopic (exact) mass is 1510 g/mol. The van der Waals surface area contributed by atoms with Crippen molar-refractivity contribution in [1.29, 1.82) is 0 Å². The number of amides is 5. The number of likely N-dealkylation sites (N-methyl/N-ethyl adjacent to an activating group) is 1. The van der Waals surface area contributed by atoms with Crippen LogP contribution in [-0.4, -0.2) is 208 Å². The molecule has 3 aliphatic heterocycles. The van der Waals surface area contributed by atoms with Gasteiger partial charge in [-0.2, -0.15) is 18.3 Å². The van der Waals surface area contributed by atoms with Gasteiger partial charge in [-0.25, -0.2) is 19.9 Å². The van der Waals surface area contributed by atoms with Gasteiger partial charge in [0.05, 0.1) is 78.6 Å². The second-order valence-electron chi connectivity index (χ2n) is 30.3. The van der Waals surface area contributed by atoms with Crippen LogP contribution in [0.1, 0.15) is 160 Å². The molecule has 1 saturated carbocycles. The van der Waals surface area contributed by atoms with E-state index in [2.05, 4.69) is 70.1 Å². The summed E-state index contributed by atoms with van der Waals surface area (Å²) in [6.07, 6.45) is 6.91. The third-order valence-corrected chi connectivity index (χ3v) is 21.6. The minimum Gasteiger partial charge on any atom is -0.491 e. The molecule has 4 fully saturated rings. The topological polar surface area (TPSA) is 319 Å². The number of nitrogens with zero attached hydrogens (tertiary/aromatic N) is 10. The van der Waals surface area contributed by atoms with Gasteiger partial charge in [0.25, 0.3) is 11.8 Å². The summed E-state index contributed by atoms with van der Waals surface area (Å²) in [5.41, 5.74) is 9.47. The molecule has 3 atom stereocenters. The zero-order valence-corrected chi connectivity index (χ0v) is 63.5. The molecular formula is C78H102F3N15O11S. The van der Waals surface area contributed by atoms with Gasteiger partial charge in [0.15, 0.2) is 11.5 Å². The number of β-amino-alcohol motifs (C(OH)–C–C–N with tert-alkyl or cyclic N) is 1. The number of rotatable bonds is 32. The smallest absolute Gasteiger partial charge is 0.433 e. The third-order valence-electron chi connectivity index (χ3n) is 20.6. The summed E-state index contributed by atoms with van der Waals surface area (Å²) in [6, 6.07) is 18.6. The molecular weight excluding hydrogens is 1410 g/mol. The second-order valence-corrected chi connectivity index (χ2v) is 31.2.